The van der Waals surface area contributed by atoms with Gasteiger partial charge in [-0.25, -0.2) is 4.98 Å². The van der Waals surface area contributed by atoms with E-state index in [9.17, 15) is 9.59 Å². The zero-order valence-corrected chi connectivity index (χ0v) is 15.7. The molecule has 0 radical (unpaired) electrons. The molecule has 0 unspecified atom stereocenters. The smallest absolute Gasteiger partial charge is 0.263 e. The normalized spacial score (nSPS) is 21.7. The van der Waals surface area contributed by atoms with E-state index in [0.29, 0.717) is 11.8 Å². The summed E-state index contributed by atoms with van der Waals surface area (Å²) in [6.45, 7) is 11.5. The number of H-pyrrole nitrogens is 1. The van der Waals surface area contributed by atoms with Crippen LogP contribution in [0.3, 0.4) is 0 Å². The first-order valence-corrected chi connectivity index (χ1v) is 9.13. The summed E-state index contributed by atoms with van der Waals surface area (Å²) >= 11 is 0. The van der Waals surface area contributed by atoms with Gasteiger partial charge in [0.1, 0.15) is 5.56 Å². The molecule has 0 bridgehead atoms. The number of amides is 1. The van der Waals surface area contributed by atoms with Crippen molar-refractivity contribution in [1.29, 1.82) is 0 Å². The Kier molecular flexibility index (Phi) is 6.93. The number of allylic oxidation sites excluding steroid dienone is 1. The number of aromatic amines is 1. The molecular weight excluding hydrogens is 316 g/mol. The van der Waals surface area contributed by atoms with Crippen molar-refractivity contribution in [2.45, 2.75) is 46.6 Å². The molecule has 6 heteroatoms. The van der Waals surface area contributed by atoms with Crippen LogP contribution in [-0.2, 0) is 0 Å². The van der Waals surface area contributed by atoms with E-state index >= 15 is 0 Å². The van der Waals surface area contributed by atoms with Crippen LogP contribution in [0.15, 0.2) is 29.0 Å². The van der Waals surface area contributed by atoms with E-state index in [2.05, 4.69) is 54.0 Å². The van der Waals surface area contributed by atoms with Crippen LogP contribution in [0.25, 0.3) is 0 Å². The molecule has 1 aromatic rings. The lowest BCUT2D eigenvalue weighted by Gasteiger charge is -2.22. The SMILES string of the molecule is CC/C(C)=C/CCN1C[C@H](NC(=O)c2cnc[nH]c2=O)[C@@H](C(C)C)C1. The Labute approximate surface area is 149 Å². The number of rotatable bonds is 7. The standard InChI is InChI=1S/C19H30N4O2/c1-5-14(4)7-6-8-23-10-16(13(2)3)17(11-23)22-19(25)15-9-20-12-21-18(15)24/h7,9,12-13,16-17H,5-6,8,10-11H2,1-4H3,(H,22,25)(H,20,21,24)/b14-7+/t16-,17+/m1/s1. The second-order valence-corrected chi connectivity index (χ2v) is 7.23. The Balaban J connectivity index is 1.99. The fraction of sp³-hybridized carbons (Fsp3) is 0.632. The second-order valence-electron chi connectivity index (χ2n) is 7.23. The lowest BCUT2D eigenvalue weighted by Crippen LogP contribution is -2.43. The first kappa shape index (κ1) is 19.4. The molecule has 0 aliphatic carbocycles. The predicted octanol–water partition coefficient (Wildman–Crippen LogP) is 2.20. The molecule has 0 saturated carbocycles. The van der Waals surface area contributed by atoms with Crippen LogP contribution in [0.2, 0.25) is 0 Å². The van der Waals surface area contributed by atoms with Crippen LogP contribution < -0.4 is 10.9 Å². The van der Waals surface area contributed by atoms with E-state index in [4.69, 9.17) is 0 Å². The minimum absolute atomic E-state index is 0.0587. The Morgan fingerprint density at radius 1 is 1.48 bits per heavy atom. The van der Waals surface area contributed by atoms with Gasteiger partial charge in [-0.15, -0.1) is 0 Å². The van der Waals surface area contributed by atoms with Crippen molar-refractivity contribution in [3.8, 4) is 0 Å². The van der Waals surface area contributed by atoms with Gasteiger partial charge in [0.25, 0.3) is 11.5 Å². The number of aromatic nitrogens is 2. The highest BCUT2D eigenvalue weighted by atomic mass is 16.2. The minimum Gasteiger partial charge on any atom is -0.347 e. The van der Waals surface area contributed by atoms with Gasteiger partial charge in [0.05, 0.1) is 6.33 Å². The third-order valence-corrected chi connectivity index (χ3v) is 5.07. The third kappa shape index (κ3) is 5.26. The van der Waals surface area contributed by atoms with Crippen LogP contribution in [-0.4, -0.2) is 46.5 Å². The molecule has 138 valence electrons. The maximum atomic E-state index is 12.4. The summed E-state index contributed by atoms with van der Waals surface area (Å²) in [5, 5.41) is 3.05. The lowest BCUT2D eigenvalue weighted by atomic mass is 9.91. The average molecular weight is 346 g/mol. The molecule has 6 nitrogen and oxygen atoms in total. The summed E-state index contributed by atoms with van der Waals surface area (Å²) in [4.78, 5) is 32.9. The van der Waals surface area contributed by atoms with Crippen LogP contribution >= 0.6 is 0 Å². The largest absolute Gasteiger partial charge is 0.347 e. The summed E-state index contributed by atoms with van der Waals surface area (Å²) in [5.74, 6) is 0.514. The highest BCUT2D eigenvalue weighted by Gasteiger charge is 2.35. The summed E-state index contributed by atoms with van der Waals surface area (Å²) < 4.78 is 0. The molecule has 25 heavy (non-hydrogen) atoms. The van der Waals surface area contributed by atoms with Crippen molar-refractivity contribution in [2.75, 3.05) is 19.6 Å². The van der Waals surface area contributed by atoms with E-state index in [0.717, 1.165) is 32.5 Å². The van der Waals surface area contributed by atoms with Crippen LogP contribution in [0, 0.1) is 11.8 Å². The van der Waals surface area contributed by atoms with Gasteiger partial charge >= 0.3 is 0 Å². The zero-order valence-electron chi connectivity index (χ0n) is 15.7. The van der Waals surface area contributed by atoms with Crippen molar-refractivity contribution in [3.05, 3.63) is 40.1 Å². The van der Waals surface area contributed by atoms with Crippen molar-refractivity contribution >= 4 is 5.91 Å². The van der Waals surface area contributed by atoms with E-state index in [-0.39, 0.29) is 17.5 Å². The number of hydrogen-bond donors (Lipinski definition) is 2. The fourth-order valence-corrected chi connectivity index (χ4v) is 3.31. The number of nitrogens with one attached hydrogen (secondary N) is 2. The van der Waals surface area contributed by atoms with Crippen LogP contribution in [0.1, 0.15) is 50.9 Å². The van der Waals surface area contributed by atoms with Crippen LogP contribution in [0.5, 0.6) is 0 Å². The molecular formula is C19H30N4O2. The first-order valence-electron chi connectivity index (χ1n) is 9.13. The zero-order chi connectivity index (χ0) is 18.4. The molecule has 1 aromatic heterocycles. The van der Waals surface area contributed by atoms with Gasteiger partial charge in [-0.3, -0.25) is 9.59 Å². The van der Waals surface area contributed by atoms with Crippen molar-refractivity contribution < 1.29 is 4.79 Å². The van der Waals surface area contributed by atoms with Gasteiger partial charge in [-0.1, -0.05) is 32.4 Å². The third-order valence-electron chi connectivity index (χ3n) is 5.07. The summed E-state index contributed by atoms with van der Waals surface area (Å²) in [5.41, 5.74) is 1.09. The molecule has 1 fully saturated rings. The minimum atomic E-state index is -0.399. The number of likely N-dealkylation sites (tertiary alicyclic amines) is 1. The quantitative estimate of drug-likeness (QED) is 0.742. The first-order chi connectivity index (χ1) is 11.9. The molecule has 1 saturated heterocycles. The van der Waals surface area contributed by atoms with E-state index in [1.807, 2.05) is 0 Å². The molecule has 1 amide bonds. The van der Waals surface area contributed by atoms with Crippen molar-refractivity contribution in [1.82, 2.24) is 20.2 Å². The van der Waals surface area contributed by atoms with Crippen molar-refractivity contribution in [3.63, 3.8) is 0 Å². The maximum Gasteiger partial charge on any atom is 0.263 e. The molecule has 2 heterocycles. The average Bonchev–Trinajstić information content (AvgIpc) is 2.98. The topological polar surface area (TPSA) is 78.1 Å². The number of nitrogens with zero attached hydrogens (tertiary/aromatic N) is 2. The van der Waals surface area contributed by atoms with E-state index in [1.54, 1.807) is 0 Å². The molecule has 2 N–H and O–H groups in total. The molecule has 1 aliphatic heterocycles. The summed E-state index contributed by atoms with van der Waals surface area (Å²) in [7, 11) is 0. The Morgan fingerprint density at radius 2 is 2.24 bits per heavy atom. The maximum absolute atomic E-state index is 12.4. The highest BCUT2D eigenvalue weighted by Crippen LogP contribution is 2.25. The predicted molar refractivity (Wildman–Crippen MR) is 99.5 cm³/mol. The van der Waals surface area contributed by atoms with Gasteiger partial charge in [0.2, 0.25) is 0 Å². The Hall–Kier alpha value is -1.95. The molecule has 2 rings (SSSR count). The molecule has 1 aliphatic rings. The van der Waals surface area contributed by atoms with Gasteiger partial charge in [-0.05, 0) is 31.6 Å². The lowest BCUT2D eigenvalue weighted by molar-refractivity contribution is 0.0923. The number of carbonyl (C=O) groups excluding carboxylic acids is 1. The molecule has 0 aromatic carbocycles. The molecule has 2 atom stereocenters. The molecule has 0 spiro atoms. The number of carbonyl (C=O) groups is 1. The Morgan fingerprint density at radius 3 is 2.88 bits per heavy atom. The monoisotopic (exact) mass is 346 g/mol. The summed E-state index contributed by atoms with van der Waals surface area (Å²) in [6, 6.07) is 0.0587. The fourth-order valence-electron chi connectivity index (χ4n) is 3.31. The summed E-state index contributed by atoms with van der Waals surface area (Å²) in [6.07, 6.45) is 7.04. The van der Waals surface area contributed by atoms with E-state index in [1.165, 1.54) is 18.1 Å². The van der Waals surface area contributed by atoms with Crippen molar-refractivity contribution in [2.24, 2.45) is 11.8 Å². The van der Waals surface area contributed by atoms with Gasteiger partial charge in [-0.2, -0.15) is 0 Å². The number of hydrogen-bond acceptors (Lipinski definition) is 4. The Bertz CT molecular complexity index is 665. The van der Waals surface area contributed by atoms with Gasteiger partial charge in [0.15, 0.2) is 0 Å². The highest BCUT2D eigenvalue weighted by molar-refractivity contribution is 5.93. The van der Waals surface area contributed by atoms with Gasteiger partial charge in [0, 0.05) is 31.9 Å². The van der Waals surface area contributed by atoms with E-state index < -0.39 is 5.56 Å². The second kappa shape index (κ2) is 8.94. The van der Waals surface area contributed by atoms with Crippen LogP contribution in [0.4, 0.5) is 0 Å². The van der Waals surface area contributed by atoms with Gasteiger partial charge < -0.3 is 15.2 Å².